The lowest BCUT2D eigenvalue weighted by atomic mass is 9.66. The number of benzene rings is 1. The van der Waals surface area contributed by atoms with Gasteiger partial charge < -0.3 is 0 Å². The number of rotatable bonds is 3. The molecule has 0 nitrogen and oxygen atoms in total. The molecule has 0 N–H and O–H groups in total. The molecular formula is C16H21F. The Morgan fingerprint density at radius 3 is 2.59 bits per heavy atom. The molecular weight excluding hydrogens is 211 g/mol. The van der Waals surface area contributed by atoms with Gasteiger partial charge in [0, 0.05) is 0 Å². The topological polar surface area (TPSA) is 0 Å². The zero-order valence-corrected chi connectivity index (χ0v) is 10.6. The summed E-state index contributed by atoms with van der Waals surface area (Å²) in [5, 5.41) is 0. The molecule has 0 saturated heterocycles. The number of hydrogen-bond acceptors (Lipinski definition) is 0. The van der Waals surface area contributed by atoms with Crippen LogP contribution in [0.25, 0.3) is 0 Å². The third-order valence-corrected chi connectivity index (χ3v) is 3.89. The minimum atomic E-state index is -0.117. The van der Waals surface area contributed by atoms with E-state index in [1.54, 1.807) is 6.07 Å². The standard InChI is InChI=1S/C16H21F/c1-13(2)12-16(9-4-3-5-10-16)14-7-6-8-15(17)11-14/h6-8,11H,1,3-5,9-10,12H2,2H3. The van der Waals surface area contributed by atoms with Gasteiger partial charge >= 0.3 is 0 Å². The van der Waals surface area contributed by atoms with Crippen molar-refractivity contribution >= 4 is 0 Å². The first-order valence-corrected chi connectivity index (χ1v) is 6.53. The second kappa shape index (κ2) is 5.03. The van der Waals surface area contributed by atoms with Gasteiger partial charge in [-0.1, -0.05) is 37.0 Å². The van der Waals surface area contributed by atoms with Gasteiger partial charge in [-0.25, -0.2) is 4.39 Å². The summed E-state index contributed by atoms with van der Waals surface area (Å²) >= 11 is 0. The minimum Gasteiger partial charge on any atom is -0.207 e. The van der Waals surface area contributed by atoms with Crippen LogP contribution in [0.4, 0.5) is 4.39 Å². The van der Waals surface area contributed by atoms with Crippen LogP contribution in [0.15, 0.2) is 36.4 Å². The molecule has 1 aliphatic rings. The second-order valence-corrected chi connectivity index (χ2v) is 5.49. The van der Waals surface area contributed by atoms with E-state index in [4.69, 9.17) is 0 Å². The molecule has 92 valence electrons. The van der Waals surface area contributed by atoms with E-state index in [9.17, 15) is 4.39 Å². The fourth-order valence-electron chi connectivity index (χ4n) is 3.19. The maximum atomic E-state index is 13.4. The second-order valence-electron chi connectivity index (χ2n) is 5.49. The van der Waals surface area contributed by atoms with Crippen molar-refractivity contribution in [3.8, 4) is 0 Å². The van der Waals surface area contributed by atoms with Gasteiger partial charge in [-0.05, 0) is 49.3 Å². The van der Waals surface area contributed by atoms with Gasteiger partial charge in [0.05, 0.1) is 0 Å². The lowest BCUT2D eigenvalue weighted by molar-refractivity contribution is 0.289. The Labute approximate surface area is 104 Å². The van der Waals surface area contributed by atoms with Crippen molar-refractivity contribution in [3.63, 3.8) is 0 Å². The van der Waals surface area contributed by atoms with Gasteiger partial charge in [-0.3, -0.25) is 0 Å². The zero-order valence-electron chi connectivity index (χ0n) is 10.6. The monoisotopic (exact) mass is 232 g/mol. The van der Waals surface area contributed by atoms with Crippen LogP contribution in [0.1, 0.15) is 51.0 Å². The SMILES string of the molecule is C=C(C)CC1(c2cccc(F)c2)CCCCC1. The number of halogens is 1. The largest absolute Gasteiger partial charge is 0.207 e. The average molecular weight is 232 g/mol. The van der Waals surface area contributed by atoms with Crippen LogP contribution in [0.5, 0.6) is 0 Å². The molecule has 0 spiro atoms. The molecule has 0 aliphatic heterocycles. The summed E-state index contributed by atoms with van der Waals surface area (Å²) < 4.78 is 13.4. The van der Waals surface area contributed by atoms with Crippen molar-refractivity contribution in [2.75, 3.05) is 0 Å². The maximum Gasteiger partial charge on any atom is 0.123 e. The van der Waals surface area contributed by atoms with Gasteiger partial charge in [0.2, 0.25) is 0 Å². The fourth-order valence-corrected chi connectivity index (χ4v) is 3.19. The van der Waals surface area contributed by atoms with E-state index in [1.807, 2.05) is 6.07 Å². The fraction of sp³-hybridized carbons (Fsp3) is 0.500. The van der Waals surface area contributed by atoms with Crippen LogP contribution in [-0.4, -0.2) is 0 Å². The van der Waals surface area contributed by atoms with E-state index in [0.717, 1.165) is 6.42 Å². The number of allylic oxidation sites excluding steroid dienone is 1. The van der Waals surface area contributed by atoms with Crippen molar-refractivity contribution in [1.82, 2.24) is 0 Å². The molecule has 1 fully saturated rings. The Kier molecular flexibility index (Phi) is 3.66. The predicted octanol–water partition coefficient (Wildman–Crippen LogP) is 4.99. The maximum absolute atomic E-state index is 13.4. The highest BCUT2D eigenvalue weighted by Crippen LogP contribution is 2.43. The Morgan fingerprint density at radius 2 is 2.00 bits per heavy atom. The summed E-state index contributed by atoms with van der Waals surface area (Å²) in [5.41, 5.74) is 2.52. The molecule has 0 aromatic heterocycles. The molecule has 0 amide bonds. The van der Waals surface area contributed by atoms with Gasteiger partial charge in [0.1, 0.15) is 5.82 Å². The summed E-state index contributed by atoms with van der Waals surface area (Å²) in [5.74, 6) is -0.117. The van der Waals surface area contributed by atoms with E-state index in [-0.39, 0.29) is 11.2 Å². The first-order valence-electron chi connectivity index (χ1n) is 6.53. The minimum absolute atomic E-state index is 0.117. The molecule has 1 saturated carbocycles. The first kappa shape index (κ1) is 12.3. The molecule has 0 unspecified atom stereocenters. The molecule has 1 aromatic rings. The molecule has 1 aromatic carbocycles. The summed E-state index contributed by atoms with van der Waals surface area (Å²) in [7, 11) is 0. The average Bonchev–Trinajstić information content (AvgIpc) is 2.29. The van der Waals surface area contributed by atoms with Crippen LogP contribution < -0.4 is 0 Å². The Bertz CT molecular complexity index is 400. The highest BCUT2D eigenvalue weighted by atomic mass is 19.1. The van der Waals surface area contributed by atoms with Crippen molar-refractivity contribution in [2.24, 2.45) is 0 Å². The van der Waals surface area contributed by atoms with Crippen LogP contribution in [0, 0.1) is 5.82 Å². The Morgan fingerprint density at radius 1 is 1.29 bits per heavy atom. The highest BCUT2D eigenvalue weighted by molar-refractivity contribution is 5.28. The first-order chi connectivity index (χ1) is 8.12. The van der Waals surface area contributed by atoms with Crippen LogP contribution in [0.2, 0.25) is 0 Å². The summed E-state index contributed by atoms with van der Waals surface area (Å²) in [4.78, 5) is 0. The van der Waals surface area contributed by atoms with Gasteiger partial charge in [0.15, 0.2) is 0 Å². The Hall–Kier alpha value is -1.11. The quantitative estimate of drug-likeness (QED) is 0.644. The third-order valence-electron chi connectivity index (χ3n) is 3.89. The Balaban J connectivity index is 2.35. The van der Waals surface area contributed by atoms with Gasteiger partial charge in [-0.2, -0.15) is 0 Å². The van der Waals surface area contributed by atoms with E-state index >= 15 is 0 Å². The smallest absolute Gasteiger partial charge is 0.123 e. The van der Waals surface area contributed by atoms with Crippen molar-refractivity contribution in [3.05, 3.63) is 47.8 Å². The third kappa shape index (κ3) is 2.77. The molecule has 0 atom stereocenters. The molecule has 2 rings (SSSR count). The summed E-state index contributed by atoms with van der Waals surface area (Å²) in [6, 6.07) is 7.16. The zero-order chi connectivity index (χ0) is 12.3. The number of hydrogen-bond donors (Lipinski definition) is 0. The summed E-state index contributed by atoms with van der Waals surface area (Å²) in [6.45, 7) is 6.13. The van der Waals surface area contributed by atoms with E-state index in [2.05, 4.69) is 19.6 Å². The summed E-state index contributed by atoms with van der Waals surface area (Å²) in [6.07, 6.45) is 7.16. The molecule has 0 radical (unpaired) electrons. The van der Waals surface area contributed by atoms with Crippen molar-refractivity contribution < 1.29 is 4.39 Å². The van der Waals surface area contributed by atoms with Crippen molar-refractivity contribution in [1.29, 1.82) is 0 Å². The molecule has 1 aliphatic carbocycles. The molecule has 1 heteroatoms. The highest BCUT2D eigenvalue weighted by Gasteiger charge is 2.33. The normalized spacial score (nSPS) is 18.9. The van der Waals surface area contributed by atoms with Crippen LogP contribution in [0.3, 0.4) is 0 Å². The van der Waals surface area contributed by atoms with E-state index < -0.39 is 0 Å². The van der Waals surface area contributed by atoms with E-state index in [0.29, 0.717) is 0 Å². The van der Waals surface area contributed by atoms with Crippen molar-refractivity contribution in [2.45, 2.75) is 50.9 Å². The molecule has 17 heavy (non-hydrogen) atoms. The van der Waals surface area contributed by atoms with Crippen LogP contribution in [-0.2, 0) is 5.41 Å². The lowest BCUT2D eigenvalue weighted by Gasteiger charge is -2.38. The van der Waals surface area contributed by atoms with E-state index in [1.165, 1.54) is 49.3 Å². The predicted molar refractivity (Wildman–Crippen MR) is 70.6 cm³/mol. The molecule has 0 heterocycles. The van der Waals surface area contributed by atoms with Gasteiger partial charge in [-0.15, -0.1) is 6.58 Å². The molecule has 0 bridgehead atoms. The van der Waals surface area contributed by atoms with Crippen LogP contribution >= 0.6 is 0 Å². The van der Waals surface area contributed by atoms with Gasteiger partial charge in [0.25, 0.3) is 0 Å². The lowest BCUT2D eigenvalue weighted by Crippen LogP contribution is -2.29.